The molecule has 130 valence electrons. The maximum atomic E-state index is 13.0. The van der Waals surface area contributed by atoms with Crippen LogP contribution in [0.3, 0.4) is 0 Å². The molecule has 1 aromatic carbocycles. The zero-order chi connectivity index (χ0) is 17.5. The van der Waals surface area contributed by atoms with Crippen molar-refractivity contribution in [3.05, 3.63) is 29.5 Å². The van der Waals surface area contributed by atoms with Crippen LogP contribution >= 0.6 is 0 Å². The van der Waals surface area contributed by atoms with Gasteiger partial charge in [0.1, 0.15) is 11.4 Å². The van der Waals surface area contributed by atoms with Gasteiger partial charge in [-0.3, -0.25) is 4.79 Å². The van der Waals surface area contributed by atoms with Crippen LogP contribution in [-0.4, -0.2) is 55.4 Å². The van der Waals surface area contributed by atoms with Crippen LogP contribution in [-0.2, 0) is 9.84 Å². The van der Waals surface area contributed by atoms with Crippen LogP contribution in [0.1, 0.15) is 29.4 Å². The molecule has 1 atom stereocenters. The zero-order valence-electron chi connectivity index (χ0n) is 14.1. The van der Waals surface area contributed by atoms with Crippen molar-refractivity contribution < 1.29 is 17.9 Å². The Morgan fingerprint density at radius 1 is 1.42 bits per heavy atom. The summed E-state index contributed by atoms with van der Waals surface area (Å²) in [5, 5.41) is 0.938. The van der Waals surface area contributed by atoms with Gasteiger partial charge < -0.3 is 14.6 Å². The van der Waals surface area contributed by atoms with E-state index >= 15 is 0 Å². The van der Waals surface area contributed by atoms with Crippen molar-refractivity contribution in [2.24, 2.45) is 0 Å². The van der Waals surface area contributed by atoms with Crippen molar-refractivity contribution in [1.82, 2.24) is 9.88 Å². The smallest absolute Gasteiger partial charge is 0.270 e. The molecule has 6 nitrogen and oxygen atoms in total. The van der Waals surface area contributed by atoms with E-state index in [1.54, 1.807) is 12.0 Å². The van der Waals surface area contributed by atoms with Gasteiger partial charge in [0.15, 0.2) is 9.84 Å². The standard InChI is InChI=1S/C17H22N2O4S/c1-4-19(12-7-8-24(21,22)10-12)17(20)16-11(2)14-9-13(23-3)5-6-15(14)18-16/h5-6,9,12,18H,4,7-8,10H2,1-3H3. The third kappa shape index (κ3) is 2.88. The lowest BCUT2D eigenvalue weighted by Crippen LogP contribution is -2.41. The fraction of sp³-hybridized carbons (Fsp3) is 0.471. The van der Waals surface area contributed by atoms with E-state index in [1.165, 1.54) is 0 Å². The van der Waals surface area contributed by atoms with E-state index in [0.29, 0.717) is 18.7 Å². The average molecular weight is 350 g/mol. The topological polar surface area (TPSA) is 79.5 Å². The fourth-order valence-electron chi connectivity index (χ4n) is 3.38. The predicted octanol–water partition coefficient (Wildman–Crippen LogP) is 2.13. The van der Waals surface area contributed by atoms with Gasteiger partial charge in [0.25, 0.3) is 5.91 Å². The number of hydrogen-bond acceptors (Lipinski definition) is 4. The molecule has 0 aliphatic carbocycles. The van der Waals surface area contributed by atoms with Crippen molar-refractivity contribution in [2.45, 2.75) is 26.3 Å². The minimum absolute atomic E-state index is 0.0552. The van der Waals surface area contributed by atoms with Gasteiger partial charge in [0.2, 0.25) is 0 Å². The molecule has 24 heavy (non-hydrogen) atoms. The number of carbonyl (C=O) groups is 1. The van der Waals surface area contributed by atoms with E-state index in [2.05, 4.69) is 4.98 Å². The Balaban J connectivity index is 1.96. The normalized spacial score (nSPS) is 19.5. The minimum Gasteiger partial charge on any atom is -0.497 e. The van der Waals surface area contributed by atoms with Gasteiger partial charge in [-0.2, -0.15) is 0 Å². The number of benzene rings is 1. The van der Waals surface area contributed by atoms with Gasteiger partial charge in [-0.25, -0.2) is 8.42 Å². The van der Waals surface area contributed by atoms with E-state index in [-0.39, 0.29) is 23.5 Å². The SMILES string of the molecule is CCN(C(=O)c1[nH]c2ccc(OC)cc2c1C)C1CCS(=O)(=O)C1. The summed E-state index contributed by atoms with van der Waals surface area (Å²) in [4.78, 5) is 17.8. The quantitative estimate of drug-likeness (QED) is 0.916. The number of nitrogens with zero attached hydrogens (tertiary/aromatic N) is 1. The second kappa shape index (κ2) is 6.12. The molecule has 1 fully saturated rings. The fourth-order valence-corrected chi connectivity index (χ4v) is 5.11. The number of nitrogens with one attached hydrogen (secondary N) is 1. The van der Waals surface area contributed by atoms with Gasteiger partial charge >= 0.3 is 0 Å². The van der Waals surface area contributed by atoms with Crippen molar-refractivity contribution in [2.75, 3.05) is 25.2 Å². The number of rotatable bonds is 4. The summed E-state index contributed by atoms with van der Waals surface area (Å²) in [6.07, 6.45) is 0.509. The molecule has 1 amide bonds. The van der Waals surface area contributed by atoms with Crippen LogP contribution < -0.4 is 4.74 Å². The number of methoxy groups -OCH3 is 1. The minimum atomic E-state index is -3.03. The van der Waals surface area contributed by atoms with Gasteiger partial charge in [-0.1, -0.05) is 0 Å². The van der Waals surface area contributed by atoms with Crippen molar-refractivity contribution >= 4 is 26.6 Å². The summed E-state index contributed by atoms with van der Waals surface area (Å²) in [6.45, 7) is 4.26. The number of aromatic nitrogens is 1. The number of fused-ring (bicyclic) bond motifs is 1. The Hall–Kier alpha value is -2.02. The molecule has 0 bridgehead atoms. The van der Waals surface area contributed by atoms with Crippen molar-refractivity contribution in [3.63, 3.8) is 0 Å². The predicted molar refractivity (Wildman–Crippen MR) is 93.4 cm³/mol. The molecule has 7 heteroatoms. The van der Waals surface area contributed by atoms with E-state index < -0.39 is 9.84 Å². The Kier molecular flexibility index (Phi) is 4.29. The highest BCUT2D eigenvalue weighted by atomic mass is 32.2. The summed E-state index contributed by atoms with van der Waals surface area (Å²) in [5.41, 5.74) is 2.24. The highest BCUT2D eigenvalue weighted by molar-refractivity contribution is 7.91. The van der Waals surface area contributed by atoms with Crippen LogP contribution in [0.4, 0.5) is 0 Å². The van der Waals surface area contributed by atoms with Crippen LogP contribution in [0, 0.1) is 6.92 Å². The highest BCUT2D eigenvalue weighted by Gasteiger charge is 2.35. The number of sulfone groups is 1. The lowest BCUT2D eigenvalue weighted by atomic mass is 10.1. The largest absolute Gasteiger partial charge is 0.497 e. The van der Waals surface area contributed by atoms with Crippen LogP contribution in [0.2, 0.25) is 0 Å². The molecular weight excluding hydrogens is 328 g/mol. The van der Waals surface area contributed by atoms with Gasteiger partial charge in [-0.15, -0.1) is 0 Å². The number of H-pyrrole nitrogens is 1. The highest BCUT2D eigenvalue weighted by Crippen LogP contribution is 2.28. The first-order valence-corrected chi connectivity index (χ1v) is 9.86. The van der Waals surface area contributed by atoms with E-state index in [1.807, 2.05) is 32.0 Å². The molecule has 2 heterocycles. The molecular formula is C17H22N2O4S. The first kappa shape index (κ1) is 16.8. The molecule has 1 aromatic heterocycles. The molecule has 1 unspecified atom stereocenters. The molecule has 0 spiro atoms. The summed E-state index contributed by atoms with van der Waals surface area (Å²) in [5.74, 6) is 0.800. The first-order chi connectivity index (χ1) is 11.4. The Morgan fingerprint density at radius 3 is 2.75 bits per heavy atom. The molecule has 2 aromatic rings. The van der Waals surface area contributed by atoms with Crippen LogP contribution in [0.15, 0.2) is 18.2 Å². The number of ether oxygens (including phenoxy) is 1. The van der Waals surface area contributed by atoms with Gasteiger partial charge in [0.05, 0.1) is 18.6 Å². The lowest BCUT2D eigenvalue weighted by molar-refractivity contribution is 0.0702. The van der Waals surface area contributed by atoms with Crippen molar-refractivity contribution in [1.29, 1.82) is 0 Å². The van der Waals surface area contributed by atoms with E-state index in [9.17, 15) is 13.2 Å². The first-order valence-electron chi connectivity index (χ1n) is 8.04. The number of amides is 1. The summed E-state index contributed by atoms with van der Waals surface area (Å²) in [6, 6.07) is 5.38. The number of aryl methyl sites for hydroxylation is 1. The van der Waals surface area contributed by atoms with E-state index in [4.69, 9.17) is 4.74 Å². The maximum absolute atomic E-state index is 13.0. The van der Waals surface area contributed by atoms with Crippen LogP contribution in [0.5, 0.6) is 5.75 Å². The Labute approximate surface area is 141 Å². The molecule has 1 N–H and O–H groups in total. The molecule has 0 radical (unpaired) electrons. The third-order valence-electron chi connectivity index (χ3n) is 4.73. The molecule has 1 saturated heterocycles. The Morgan fingerprint density at radius 2 is 2.17 bits per heavy atom. The van der Waals surface area contributed by atoms with Crippen LogP contribution in [0.25, 0.3) is 10.9 Å². The maximum Gasteiger partial charge on any atom is 0.270 e. The zero-order valence-corrected chi connectivity index (χ0v) is 14.9. The second-order valence-corrected chi connectivity index (χ2v) is 8.41. The molecule has 3 rings (SSSR count). The third-order valence-corrected chi connectivity index (χ3v) is 6.48. The second-order valence-electron chi connectivity index (χ2n) is 6.18. The summed E-state index contributed by atoms with van der Waals surface area (Å²) >= 11 is 0. The van der Waals surface area contributed by atoms with Gasteiger partial charge in [0, 0.05) is 23.5 Å². The van der Waals surface area contributed by atoms with Gasteiger partial charge in [-0.05, 0) is 44.0 Å². The van der Waals surface area contributed by atoms with E-state index in [0.717, 1.165) is 22.2 Å². The summed E-state index contributed by atoms with van der Waals surface area (Å²) < 4.78 is 28.7. The molecule has 1 aliphatic heterocycles. The van der Waals surface area contributed by atoms with Crippen molar-refractivity contribution in [3.8, 4) is 5.75 Å². The summed E-state index contributed by atoms with van der Waals surface area (Å²) in [7, 11) is -1.42. The average Bonchev–Trinajstić information content (AvgIpc) is 3.07. The molecule has 0 saturated carbocycles. The lowest BCUT2D eigenvalue weighted by Gasteiger charge is -2.26. The Bertz CT molecular complexity index is 885. The monoisotopic (exact) mass is 350 g/mol. The number of hydrogen-bond donors (Lipinski definition) is 1. The number of carbonyl (C=O) groups excluding carboxylic acids is 1. The molecule has 1 aliphatic rings. The number of aromatic amines is 1.